The zero-order valence-corrected chi connectivity index (χ0v) is 30.0. The lowest BCUT2D eigenvalue weighted by Gasteiger charge is -2.24. The van der Waals surface area contributed by atoms with Crippen molar-refractivity contribution in [3.8, 4) is 11.3 Å². The fourth-order valence-corrected chi connectivity index (χ4v) is 8.70. The number of hydrogen-bond donors (Lipinski definition) is 1. The van der Waals surface area contributed by atoms with E-state index in [0.717, 1.165) is 3.97 Å². The van der Waals surface area contributed by atoms with Gasteiger partial charge in [0.15, 0.2) is 11.4 Å². The van der Waals surface area contributed by atoms with Gasteiger partial charge in [-0.2, -0.15) is 4.39 Å². The van der Waals surface area contributed by atoms with Gasteiger partial charge in [-0.1, -0.05) is 18.2 Å². The zero-order valence-electron chi connectivity index (χ0n) is 27.6. The van der Waals surface area contributed by atoms with Crippen LogP contribution < -0.4 is 11.0 Å². The van der Waals surface area contributed by atoms with Crippen LogP contribution in [0.15, 0.2) is 56.9 Å². The number of nitrogens with one attached hydrogen (secondary N) is 1. The summed E-state index contributed by atoms with van der Waals surface area (Å²) in [6.45, 7) is 6.38. The minimum Gasteiger partial charge on any atom is -0.444 e. The molecule has 5 aromatic rings. The smallest absolute Gasteiger partial charge is 0.407 e. The van der Waals surface area contributed by atoms with E-state index < -0.39 is 51.5 Å². The fourth-order valence-electron chi connectivity index (χ4n) is 6.32. The van der Waals surface area contributed by atoms with Crippen molar-refractivity contribution in [3.05, 3.63) is 63.6 Å². The van der Waals surface area contributed by atoms with Crippen LogP contribution in [-0.4, -0.2) is 72.5 Å². The highest BCUT2D eigenvalue weighted by molar-refractivity contribution is 9.10. The van der Waals surface area contributed by atoms with Crippen LogP contribution in [0.3, 0.4) is 0 Å². The van der Waals surface area contributed by atoms with Crippen molar-refractivity contribution in [3.63, 3.8) is 0 Å². The van der Waals surface area contributed by atoms with Gasteiger partial charge in [0, 0.05) is 26.3 Å². The van der Waals surface area contributed by atoms with Gasteiger partial charge in [-0.05, 0) is 68.6 Å². The number of carbonyl (C=O) groups is 2. The maximum Gasteiger partial charge on any atom is 0.407 e. The molecule has 6 rings (SSSR count). The predicted molar refractivity (Wildman–Crippen MR) is 181 cm³/mol. The summed E-state index contributed by atoms with van der Waals surface area (Å²) in [4.78, 5) is 43.2. The third-order valence-electron chi connectivity index (χ3n) is 8.30. The van der Waals surface area contributed by atoms with Crippen molar-refractivity contribution in [1.82, 2.24) is 33.2 Å². The Morgan fingerprint density at radius 1 is 1.14 bits per heavy atom. The predicted octanol–water partition coefficient (Wildman–Crippen LogP) is 4.43. The van der Waals surface area contributed by atoms with E-state index in [1.54, 1.807) is 46.0 Å². The first-order chi connectivity index (χ1) is 23.0. The first-order valence-electron chi connectivity index (χ1n) is 15.4. The van der Waals surface area contributed by atoms with Gasteiger partial charge >= 0.3 is 11.8 Å². The molecular formula is C32H35BrFN7O7S. The Morgan fingerprint density at radius 2 is 1.84 bits per heavy atom. The molecule has 1 N–H and O–H groups in total. The summed E-state index contributed by atoms with van der Waals surface area (Å²) in [6.07, 6.45) is 1.86. The number of pyridine rings is 1. The molecule has 1 aliphatic carbocycles. The van der Waals surface area contributed by atoms with E-state index in [2.05, 4.69) is 31.3 Å². The highest BCUT2D eigenvalue weighted by Gasteiger charge is 2.41. The van der Waals surface area contributed by atoms with Crippen molar-refractivity contribution in [2.75, 3.05) is 6.61 Å². The summed E-state index contributed by atoms with van der Waals surface area (Å²) < 4.78 is 60.7. The lowest BCUT2D eigenvalue weighted by Crippen LogP contribution is -2.44. The van der Waals surface area contributed by atoms with Crippen LogP contribution in [0.1, 0.15) is 46.6 Å². The standard InChI is InChI=1S/C32H35BrFN7O7S/c1-17(42)16-47-23-13-18(12-21(23)36-30(43)48-32(2,3)4)40-27-22(39(6)31(40)44)14-35-29-24(27)25(33)26(20-15-38(5)37-28(20)34)41(29)49(45,46)19-10-8-7-9-11-19/h7-11,14-15,18,21,23H,12-13,16H2,1-6H3,(H,36,43)/t18-,21-,23-/m0/s1. The Morgan fingerprint density at radius 3 is 2.45 bits per heavy atom. The van der Waals surface area contributed by atoms with Gasteiger partial charge in [-0.15, -0.1) is 5.10 Å². The van der Waals surface area contributed by atoms with E-state index >= 15 is 4.39 Å². The van der Waals surface area contributed by atoms with Crippen LogP contribution in [-0.2, 0) is 38.4 Å². The number of benzene rings is 1. The largest absolute Gasteiger partial charge is 0.444 e. The summed E-state index contributed by atoms with van der Waals surface area (Å²) in [6, 6.07) is 6.45. The second-order valence-corrected chi connectivity index (χ2v) is 15.7. The van der Waals surface area contributed by atoms with Gasteiger partial charge in [0.05, 0.1) is 55.4 Å². The van der Waals surface area contributed by atoms with E-state index in [-0.39, 0.29) is 56.9 Å². The molecule has 260 valence electrons. The van der Waals surface area contributed by atoms with Crippen LogP contribution >= 0.6 is 15.9 Å². The van der Waals surface area contributed by atoms with Crippen LogP contribution in [0.2, 0.25) is 0 Å². The van der Waals surface area contributed by atoms with Crippen LogP contribution in [0.25, 0.3) is 33.3 Å². The van der Waals surface area contributed by atoms with Gasteiger partial charge < -0.3 is 14.8 Å². The van der Waals surface area contributed by atoms with E-state index in [1.165, 1.54) is 52.3 Å². The number of fused-ring (bicyclic) bond motifs is 3. The second kappa shape index (κ2) is 12.5. The lowest BCUT2D eigenvalue weighted by molar-refractivity contribution is -0.123. The lowest BCUT2D eigenvalue weighted by atomic mass is 10.2. The van der Waals surface area contributed by atoms with Crippen molar-refractivity contribution < 1.29 is 31.9 Å². The third kappa shape index (κ3) is 6.18. The van der Waals surface area contributed by atoms with Gasteiger partial charge in [0.1, 0.15) is 12.2 Å². The molecule has 4 heterocycles. The number of ketones is 1. The van der Waals surface area contributed by atoms with E-state index in [9.17, 15) is 22.8 Å². The SMILES string of the molecule is CC(=O)CO[C@H]1C[C@@H](n2c(=O)n(C)c3cnc4c(c(Br)c(-c5cn(C)nc5F)n4S(=O)(=O)c4ccccc4)c32)C[C@@H]1NC(=O)OC(C)(C)C. The molecule has 1 aromatic carbocycles. The number of Topliss-reactive ketones (excluding diaryl/α,β-unsaturated/α-hetero) is 1. The third-order valence-corrected chi connectivity index (χ3v) is 10.8. The number of aryl methyl sites for hydroxylation is 2. The molecule has 1 saturated carbocycles. The molecule has 3 atom stereocenters. The summed E-state index contributed by atoms with van der Waals surface area (Å²) in [5.41, 5.74) is -0.700. The van der Waals surface area contributed by atoms with E-state index in [1.807, 2.05) is 0 Å². The minimum absolute atomic E-state index is 0.0494. The zero-order chi connectivity index (χ0) is 35.6. The van der Waals surface area contributed by atoms with Crippen molar-refractivity contribution >= 4 is 59.9 Å². The summed E-state index contributed by atoms with van der Waals surface area (Å²) in [7, 11) is -1.31. The Bertz CT molecular complexity index is 2290. The van der Waals surface area contributed by atoms with E-state index in [0.29, 0.717) is 11.0 Å². The first-order valence-corrected chi connectivity index (χ1v) is 17.6. The maximum absolute atomic E-state index is 15.4. The molecule has 14 nitrogen and oxygen atoms in total. The molecule has 0 radical (unpaired) electrons. The molecule has 0 saturated heterocycles. The molecule has 0 aliphatic heterocycles. The van der Waals surface area contributed by atoms with Crippen molar-refractivity contribution in [2.24, 2.45) is 14.1 Å². The molecular weight excluding hydrogens is 725 g/mol. The van der Waals surface area contributed by atoms with Crippen LogP contribution in [0.5, 0.6) is 0 Å². The monoisotopic (exact) mass is 759 g/mol. The fraction of sp³-hybridized carbons (Fsp3) is 0.406. The number of amides is 1. The Labute approximate surface area is 289 Å². The number of imidazole rings is 1. The Hall–Kier alpha value is -4.35. The molecule has 0 unspecified atom stereocenters. The number of rotatable bonds is 8. The number of alkyl carbamates (subject to hydrolysis) is 1. The average molecular weight is 761 g/mol. The number of ether oxygens (including phenoxy) is 2. The molecule has 1 aliphatic rings. The van der Waals surface area contributed by atoms with Crippen LogP contribution in [0, 0.1) is 5.95 Å². The molecule has 1 amide bonds. The maximum atomic E-state index is 15.4. The number of nitrogens with zero attached hydrogens (tertiary/aromatic N) is 6. The minimum atomic E-state index is -4.38. The average Bonchev–Trinajstić information content (AvgIpc) is 3.72. The molecule has 4 aromatic heterocycles. The van der Waals surface area contributed by atoms with Gasteiger partial charge in [-0.25, -0.2) is 27.0 Å². The first kappa shape index (κ1) is 34.5. The molecule has 49 heavy (non-hydrogen) atoms. The van der Waals surface area contributed by atoms with E-state index in [4.69, 9.17) is 9.47 Å². The Kier molecular flexibility index (Phi) is 8.81. The Balaban J connectivity index is 1.59. The second-order valence-electron chi connectivity index (χ2n) is 13.1. The number of halogens is 2. The van der Waals surface area contributed by atoms with Gasteiger partial charge in [-0.3, -0.25) is 18.6 Å². The van der Waals surface area contributed by atoms with Crippen LogP contribution in [0.4, 0.5) is 9.18 Å². The molecule has 17 heteroatoms. The molecule has 0 bridgehead atoms. The quantitative estimate of drug-likeness (QED) is 0.241. The van der Waals surface area contributed by atoms with Crippen molar-refractivity contribution in [1.29, 1.82) is 0 Å². The summed E-state index contributed by atoms with van der Waals surface area (Å²) >= 11 is 3.58. The highest BCUT2D eigenvalue weighted by atomic mass is 79.9. The number of aromatic nitrogens is 6. The molecule has 0 spiro atoms. The highest BCUT2D eigenvalue weighted by Crippen LogP contribution is 2.44. The summed E-state index contributed by atoms with van der Waals surface area (Å²) in [5, 5.41) is 6.89. The van der Waals surface area contributed by atoms with Gasteiger partial charge in [0.25, 0.3) is 10.0 Å². The van der Waals surface area contributed by atoms with Crippen molar-refractivity contribution in [2.45, 2.75) is 69.2 Å². The normalized spacial score (nSPS) is 18.4. The molecule has 1 fully saturated rings. The number of carbonyl (C=O) groups excluding carboxylic acids is 2. The summed E-state index contributed by atoms with van der Waals surface area (Å²) in [5.74, 6) is -1.12. The van der Waals surface area contributed by atoms with Gasteiger partial charge in [0.2, 0.25) is 5.95 Å². The number of hydrogen-bond acceptors (Lipinski definition) is 9. The topological polar surface area (TPSA) is 161 Å².